The third kappa shape index (κ3) is 3.86. The van der Waals surface area contributed by atoms with E-state index >= 15 is 0 Å². The van der Waals surface area contributed by atoms with Gasteiger partial charge < -0.3 is 16.2 Å². The van der Waals surface area contributed by atoms with Gasteiger partial charge in [0.25, 0.3) is 5.91 Å². The Hall–Kier alpha value is -2.67. The van der Waals surface area contributed by atoms with E-state index in [1.165, 1.54) is 0 Å². The Morgan fingerprint density at radius 3 is 2.60 bits per heavy atom. The van der Waals surface area contributed by atoms with Crippen molar-refractivity contribution in [3.05, 3.63) is 40.7 Å². The van der Waals surface area contributed by atoms with Crippen molar-refractivity contribution in [1.82, 2.24) is 9.78 Å². The van der Waals surface area contributed by atoms with Gasteiger partial charge in [-0.2, -0.15) is 5.10 Å². The van der Waals surface area contributed by atoms with Crippen molar-refractivity contribution >= 4 is 17.4 Å². The molecule has 0 spiro atoms. The summed E-state index contributed by atoms with van der Waals surface area (Å²) in [6.07, 6.45) is 4.19. The van der Waals surface area contributed by atoms with E-state index in [0.29, 0.717) is 17.7 Å². The number of hydrogen-bond donors (Lipinski definition) is 3. The lowest BCUT2D eigenvalue weighted by Gasteiger charge is -2.29. The number of nitrogens with one attached hydrogen (secondary N) is 1. The van der Waals surface area contributed by atoms with Crippen molar-refractivity contribution in [2.45, 2.75) is 71.4 Å². The number of carbonyl (C=O) groups is 2. The zero-order valence-corrected chi connectivity index (χ0v) is 17.9. The molecule has 0 radical (unpaired) electrons. The molecule has 2 aromatic rings. The lowest BCUT2D eigenvalue weighted by atomic mass is 9.75. The minimum Gasteiger partial charge on any atom is -0.393 e. The molecule has 160 valence electrons. The first-order chi connectivity index (χ1) is 14.1. The van der Waals surface area contributed by atoms with E-state index < -0.39 is 5.91 Å². The summed E-state index contributed by atoms with van der Waals surface area (Å²) < 4.78 is 1.84. The number of ketones is 1. The van der Waals surface area contributed by atoms with Crippen LogP contribution in [0.25, 0.3) is 5.69 Å². The standard InChI is InChI=1S/C23H30N4O3/c1-13-21-19(11-23(2,3)12-20(21)29)27(26-13)15-6-9-17(22(24)30)18(10-15)25-14-4-7-16(28)8-5-14/h6,9-10,14,16,25,28H,4-5,7-8,11-12H2,1-3H3,(H2,24,30)/t14-,16+. The van der Waals surface area contributed by atoms with Crippen LogP contribution in [0.2, 0.25) is 0 Å². The molecular formula is C23H30N4O3. The van der Waals surface area contributed by atoms with E-state index in [9.17, 15) is 14.7 Å². The number of primary amides is 1. The predicted molar refractivity (Wildman–Crippen MR) is 115 cm³/mol. The van der Waals surface area contributed by atoms with Gasteiger partial charge in [-0.25, -0.2) is 4.68 Å². The maximum absolute atomic E-state index is 12.7. The maximum atomic E-state index is 12.7. The van der Waals surface area contributed by atoms with E-state index in [1.54, 1.807) is 6.07 Å². The first kappa shape index (κ1) is 20.6. The Labute approximate surface area is 176 Å². The molecule has 0 saturated heterocycles. The van der Waals surface area contributed by atoms with E-state index in [0.717, 1.165) is 54.7 Å². The lowest BCUT2D eigenvalue weighted by molar-refractivity contribution is 0.0909. The molecule has 30 heavy (non-hydrogen) atoms. The first-order valence-electron chi connectivity index (χ1n) is 10.6. The molecule has 2 aliphatic rings. The van der Waals surface area contributed by atoms with Crippen LogP contribution >= 0.6 is 0 Å². The third-order valence-corrected chi connectivity index (χ3v) is 6.29. The molecule has 1 saturated carbocycles. The van der Waals surface area contributed by atoms with Gasteiger partial charge in [0.05, 0.1) is 34.3 Å². The van der Waals surface area contributed by atoms with Crippen LogP contribution in [0.15, 0.2) is 18.2 Å². The SMILES string of the molecule is Cc1nn(-c2ccc(C(N)=O)c(N[C@H]3CC[C@@H](O)CC3)c2)c2c1C(=O)CC(C)(C)C2. The molecule has 1 aromatic heterocycles. The average molecular weight is 411 g/mol. The first-order valence-corrected chi connectivity index (χ1v) is 10.6. The second-order valence-corrected chi connectivity index (χ2v) is 9.50. The summed E-state index contributed by atoms with van der Waals surface area (Å²) in [6.45, 7) is 6.07. The number of Topliss-reactive ketones (excluding diaryl/α,β-unsaturated/α-hetero) is 1. The number of nitrogens with two attached hydrogens (primary N) is 1. The number of nitrogens with zero attached hydrogens (tertiary/aromatic N) is 2. The number of anilines is 1. The molecular weight excluding hydrogens is 380 g/mol. The smallest absolute Gasteiger partial charge is 0.250 e. The lowest BCUT2D eigenvalue weighted by Crippen LogP contribution is -2.29. The second kappa shape index (κ2) is 7.54. The summed E-state index contributed by atoms with van der Waals surface area (Å²) in [6, 6.07) is 5.62. The molecule has 4 rings (SSSR count). The molecule has 1 heterocycles. The second-order valence-electron chi connectivity index (χ2n) is 9.50. The Morgan fingerprint density at radius 1 is 1.23 bits per heavy atom. The number of aliphatic hydroxyl groups is 1. The molecule has 1 amide bonds. The summed E-state index contributed by atoms with van der Waals surface area (Å²) in [5.74, 6) is -0.354. The van der Waals surface area contributed by atoms with Crippen molar-refractivity contribution in [2.24, 2.45) is 11.1 Å². The quantitative estimate of drug-likeness (QED) is 0.717. The van der Waals surface area contributed by atoms with Gasteiger partial charge in [0, 0.05) is 18.2 Å². The monoisotopic (exact) mass is 410 g/mol. The molecule has 4 N–H and O–H groups in total. The molecule has 0 unspecified atom stereocenters. The molecule has 7 heteroatoms. The van der Waals surface area contributed by atoms with Gasteiger partial charge in [0.15, 0.2) is 5.78 Å². The highest BCUT2D eigenvalue weighted by Gasteiger charge is 2.35. The van der Waals surface area contributed by atoms with Crippen molar-refractivity contribution in [2.75, 3.05) is 5.32 Å². The minimum atomic E-state index is -0.491. The van der Waals surface area contributed by atoms with Gasteiger partial charge in [0.1, 0.15) is 0 Å². The van der Waals surface area contributed by atoms with Gasteiger partial charge >= 0.3 is 0 Å². The van der Waals surface area contributed by atoms with Crippen LogP contribution in [0.4, 0.5) is 5.69 Å². The van der Waals surface area contributed by atoms with Crippen LogP contribution in [0.1, 0.15) is 78.1 Å². The van der Waals surface area contributed by atoms with E-state index in [2.05, 4.69) is 24.3 Å². The third-order valence-electron chi connectivity index (χ3n) is 6.29. The van der Waals surface area contributed by atoms with E-state index in [1.807, 2.05) is 23.7 Å². The van der Waals surface area contributed by atoms with Crippen LogP contribution in [0.5, 0.6) is 0 Å². The summed E-state index contributed by atoms with van der Waals surface area (Å²) in [7, 11) is 0. The average Bonchev–Trinajstić information content (AvgIpc) is 2.98. The Morgan fingerprint density at radius 2 is 1.93 bits per heavy atom. The number of fused-ring (bicyclic) bond motifs is 1. The summed E-state index contributed by atoms with van der Waals surface area (Å²) in [5.41, 5.74) is 9.78. The largest absolute Gasteiger partial charge is 0.393 e. The number of aromatic nitrogens is 2. The van der Waals surface area contributed by atoms with Gasteiger partial charge in [-0.3, -0.25) is 9.59 Å². The number of carbonyl (C=O) groups excluding carboxylic acids is 2. The Kier molecular flexibility index (Phi) is 5.18. The number of aliphatic hydroxyl groups excluding tert-OH is 1. The molecule has 1 fully saturated rings. The number of aryl methyl sites for hydroxylation is 1. The number of benzene rings is 1. The number of amides is 1. The maximum Gasteiger partial charge on any atom is 0.250 e. The van der Waals surface area contributed by atoms with Crippen molar-refractivity contribution in [1.29, 1.82) is 0 Å². The van der Waals surface area contributed by atoms with Gasteiger partial charge in [-0.1, -0.05) is 13.8 Å². The Balaban J connectivity index is 1.73. The van der Waals surface area contributed by atoms with E-state index in [-0.39, 0.29) is 23.3 Å². The predicted octanol–water partition coefficient (Wildman–Crippen LogP) is 3.15. The highest BCUT2D eigenvalue weighted by Crippen LogP contribution is 2.37. The zero-order chi connectivity index (χ0) is 21.6. The van der Waals surface area contributed by atoms with Crippen LogP contribution in [0.3, 0.4) is 0 Å². The fraction of sp³-hybridized carbons (Fsp3) is 0.522. The number of rotatable bonds is 4. The van der Waals surface area contributed by atoms with Crippen molar-refractivity contribution < 1.29 is 14.7 Å². The zero-order valence-electron chi connectivity index (χ0n) is 17.9. The summed E-state index contributed by atoms with van der Waals surface area (Å²) in [5, 5.41) is 17.9. The molecule has 2 aliphatic carbocycles. The van der Waals surface area contributed by atoms with Crippen molar-refractivity contribution in [3.63, 3.8) is 0 Å². The highest BCUT2D eigenvalue weighted by atomic mass is 16.3. The van der Waals surface area contributed by atoms with Crippen LogP contribution in [-0.4, -0.2) is 38.7 Å². The normalized spacial score (nSPS) is 23.1. The van der Waals surface area contributed by atoms with Crippen LogP contribution in [0, 0.1) is 12.3 Å². The fourth-order valence-electron chi connectivity index (χ4n) is 4.79. The molecule has 7 nitrogen and oxygen atoms in total. The van der Waals surface area contributed by atoms with Gasteiger partial charge in [0.2, 0.25) is 0 Å². The topological polar surface area (TPSA) is 110 Å². The van der Waals surface area contributed by atoms with Crippen LogP contribution in [-0.2, 0) is 6.42 Å². The summed E-state index contributed by atoms with van der Waals surface area (Å²) in [4.78, 5) is 24.7. The summed E-state index contributed by atoms with van der Waals surface area (Å²) >= 11 is 0. The van der Waals surface area contributed by atoms with Gasteiger partial charge in [-0.15, -0.1) is 0 Å². The van der Waals surface area contributed by atoms with Gasteiger partial charge in [-0.05, 0) is 62.6 Å². The fourth-order valence-corrected chi connectivity index (χ4v) is 4.79. The minimum absolute atomic E-state index is 0.120. The van der Waals surface area contributed by atoms with Crippen LogP contribution < -0.4 is 11.1 Å². The van der Waals surface area contributed by atoms with Crippen molar-refractivity contribution in [3.8, 4) is 5.69 Å². The molecule has 0 atom stereocenters. The molecule has 0 bridgehead atoms. The number of hydrogen-bond acceptors (Lipinski definition) is 5. The highest BCUT2D eigenvalue weighted by molar-refractivity contribution is 6.00. The Bertz CT molecular complexity index is 1000. The molecule has 1 aromatic carbocycles. The molecule has 0 aliphatic heterocycles. The van der Waals surface area contributed by atoms with E-state index in [4.69, 9.17) is 5.73 Å².